The average molecular weight is 449 g/mol. The van der Waals surface area contributed by atoms with Gasteiger partial charge in [0.1, 0.15) is 18.1 Å². The Morgan fingerprint density at radius 2 is 1.68 bits per heavy atom. The number of carbonyl (C=O) groups is 1. The molecule has 0 aliphatic rings. The summed E-state index contributed by atoms with van der Waals surface area (Å²) in [5.41, 5.74) is 3.63. The molecule has 0 aromatic heterocycles. The first kappa shape index (κ1) is 24.5. The van der Waals surface area contributed by atoms with Crippen molar-refractivity contribution in [3.63, 3.8) is 0 Å². The summed E-state index contributed by atoms with van der Waals surface area (Å²) in [5, 5.41) is 2.81. The van der Waals surface area contributed by atoms with Gasteiger partial charge in [0, 0.05) is 13.0 Å². The predicted octanol–water partition coefficient (Wildman–Crippen LogP) is 3.36. The van der Waals surface area contributed by atoms with Crippen LogP contribution in [-0.4, -0.2) is 47.4 Å². The highest BCUT2D eigenvalue weighted by atomic mass is 32.2. The largest absolute Gasteiger partial charge is 0.495 e. The summed E-state index contributed by atoms with van der Waals surface area (Å²) in [4.78, 5) is 12.2. The van der Waals surface area contributed by atoms with E-state index in [9.17, 15) is 13.2 Å². The third-order valence-electron chi connectivity index (χ3n) is 4.78. The summed E-state index contributed by atoms with van der Waals surface area (Å²) in [6.07, 6.45) is 1.75. The van der Waals surface area contributed by atoms with Crippen molar-refractivity contribution in [1.82, 2.24) is 5.32 Å². The van der Waals surface area contributed by atoms with Gasteiger partial charge in [-0.25, -0.2) is 8.42 Å². The summed E-state index contributed by atoms with van der Waals surface area (Å²) in [5.74, 6) is 1.13. The van der Waals surface area contributed by atoms with Crippen molar-refractivity contribution in [2.24, 2.45) is 0 Å². The second-order valence-corrected chi connectivity index (χ2v) is 9.49. The number of amides is 1. The SMILES string of the molecule is COc1ccc(C)cc1N(CCCC(=O)NCCOc1ccc(C)cc1C)S(C)(=O)=O. The van der Waals surface area contributed by atoms with Gasteiger partial charge in [-0.05, 0) is 56.5 Å². The molecule has 2 aromatic rings. The maximum atomic E-state index is 12.3. The number of benzene rings is 2. The van der Waals surface area contributed by atoms with E-state index >= 15 is 0 Å². The van der Waals surface area contributed by atoms with Gasteiger partial charge in [0.2, 0.25) is 15.9 Å². The van der Waals surface area contributed by atoms with Gasteiger partial charge in [0.25, 0.3) is 0 Å². The summed E-state index contributed by atoms with van der Waals surface area (Å²) < 4.78 is 37.0. The first-order valence-electron chi connectivity index (χ1n) is 10.2. The first-order valence-corrected chi connectivity index (χ1v) is 12.1. The van der Waals surface area contributed by atoms with Crippen LogP contribution >= 0.6 is 0 Å². The second-order valence-electron chi connectivity index (χ2n) is 7.58. The summed E-state index contributed by atoms with van der Waals surface area (Å²) in [7, 11) is -2.02. The van der Waals surface area contributed by atoms with Crippen LogP contribution < -0.4 is 19.1 Å². The van der Waals surface area contributed by atoms with E-state index in [1.165, 1.54) is 17.0 Å². The van der Waals surface area contributed by atoms with Crippen LogP contribution in [0.15, 0.2) is 36.4 Å². The minimum absolute atomic E-state index is 0.145. The molecule has 0 radical (unpaired) electrons. The fourth-order valence-corrected chi connectivity index (χ4v) is 4.20. The lowest BCUT2D eigenvalue weighted by atomic mass is 10.1. The Balaban J connectivity index is 1.84. The summed E-state index contributed by atoms with van der Waals surface area (Å²) >= 11 is 0. The van der Waals surface area contributed by atoms with Crippen LogP contribution in [0.5, 0.6) is 11.5 Å². The number of rotatable bonds is 11. The van der Waals surface area contributed by atoms with E-state index in [1.54, 1.807) is 12.1 Å². The Labute approximate surface area is 185 Å². The molecule has 1 N–H and O–H groups in total. The highest BCUT2D eigenvalue weighted by Gasteiger charge is 2.21. The molecule has 0 heterocycles. The number of methoxy groups -OCH3 is 1. The van der Waals surface area contributed by atoms with Crippen LogP contribution in [0.4, 0.5) is 5.69 Å². The van der Waals surface area contributed by atoms with Gasteiger partial charge in [0.15, 0.2) is 0 Å². The van der Waals surface area contributed by atoms with Crippen LogP contribution in [-0.2, 0) is 14.8 Å². The molecule has 2 rings (SSSR count). The molecule has 0 fully saturated rings. The van der Waals surface area contributed by atoms with Crippen LogP contribution in [0.25, 0.3) is 0 Å². The number of sulfonamides is 1. The topological polar surface area (TPSA) is 84.9 Å². The summed E-state index contributed by atoms with van der Waals surface area (Å²) in [6, 6.07) is 11.3. The van der Waals surface area contributed by atoms with Crippen molar-refractivity contribution in [1.29, 1.82) is 0 Å². The Morgan fingerprint density at radius 3 is 2.29 bits per heavy atom. The highest BCUT2D eigenvalue weighted by Crippen LogP contribution is 2.31. The number of hydrogen-bond donors (Lipinski definition) is 1. The number of anilines is 1. The standard InChI is InChI=1S/C23H32N2O5S/c1-17-8-10-21(19(3)15-17)30-14-12-24-23(26)7-6-13-25(31(5,27)28)20-16-18(2)9-11-22(20)29-4/h8-11,15-16H,6-7,12-14H2,1-5H3,(H,24,26). The third-order valence-corrected chi connectivity index (χ3v) is 5.96. The van der Waals surface area contributed by atoms with Crippen LogP contribution in [0.2, 0.25) is 0 Å². The maximum absolute atomic E-state index is 12.3. The smallest absolute Gasteiger partial charge is 0.232 e. The molecule has 2 aromatic carbocycles. The molecule has 0 aliphatic heterocycles. The Bertz CT molecular complexity index is 1010. The van der Waals surface area contributed by atoms with Crippen molar-refractivity contribution in [2.45, 2.75) is 33.6 Å². The third kappa shape index (κ3) is 7.47. The van der Waals surface area contributed by atoms with Gasteiger partial charge in [-0.3, -0.25) is 9.10 Å². The molecule has 0 unspecified atom stereocenters. The zero-order valence-electron chi connectivity index (χ0n) is 18.9. The normalized spacial score (nSPS) is 11.1. The van der Waals surface area contributed by atoms with E-state index in [2.05, 4.69) is 5.32 Å². The zero-order chi connectivity index (χ0) is 23.0. The Hall–Kier alpha value is -2.74. The Kier molecular flexibility index (Phi) is 8.74. The number of hydrogen-bond acceptors (Lipinski definition) is 5. The fourth-order valence-electron chi connectivity index (χ4n) is 3.24. The molecule has 0 saturated heterocycles. The van der Waals surface area contributed by atoms with Crippen molar-refractivity contribution in [3.05, 3.63) is 53.1 Å². The number of ether oxygens (including phenoxy) is 2. The molecule has 0 bridgehead atoms. The first-order chi connectivity index (χ1) is 14.6. The van der Waals surface area contributed by atoms with Crippen LogP contribution in [0.3, 0.4) is 0 Å². The minimum atomic E-state index is -3.52. The van der Waals surface area contributed by atoms with Gasteiger partial charge < -0.3 is 14.8 Å². The lowest BCUT2D eigenvalue weighted by Crippen LogP contribution is -2.33. The monoisotopic (exact) mass is 448 g/mol. The molecule has 170 valence electrons. The van der Waals surface area contributed by atoms with Crippen LogP contribution in [0.1, 0.15) is 29.5 Å². The summed E-state index contributed by atoms with van der Waals surface area (Å²) in [6.45, 7) is 6.83. The lowest BCUT2D eigenvalue weighted by molar-refractivity contribution is -0.121. The van der Waals surface area contributed by atoms with Gasteiger partial charge in [-0.2, -0.15) is 0 Å². The van der Waals surface area contributed by atoms with Gasteiger partial charge in [0.05, 0.1) is 25.6 Å². The van der Waals surface area contributed by atoms with E-state index in [-0.39, 0.29) is 18.9 Å². The van der Waals surface area contributed by atoms with Gasteiger partial charge in [-0.15, -0.1) is 0 Å². The highest BCUT2D eigenvalue weighted by molar-refractivity contribution is 7.92. The van der Waals surface area contributed by atoms with Crippen molar-refractivity contribution in [2.75, 3.05) is 37.4 Å². The number of nitrogens with one attached hydrogen (secondary N) is 1. The molecular formula is C23H32N2O5S. The molecule has 7 nitrogen and oxygen atoms in total. The Morgan fingerprint density at radius 1 is 1.03 bits per heavy atom. The van der Waals surface area contributed by atoms with Gasteiger partial charge in [-0.1, -0.05) is 23.8 Å². The lowest BCUT2D eigenvalue weighted by Gasteiger charge is -2.24. The molecule has 0 aliphatic carbocycles. The predicted molar refractivity (Wildman–Crippen MR) is 124 cm³/mol. The fraction of sp³-hybridized carbons (Fsp3) is 0.435. The molecule has 0 atom stereocenters. The number of carbonyl (C=O) groups excluding carboxylic acids is 1. The molecule has 8 heteroatoms. The maximum Gasteiger partial charge on any atom is 0.232 e. The second kappa shape index (κ2) is 11.0. The molecular weight excluding hydrogens is 416 g/mol. The van der Waals surface area contributed by atoms with Crippen molar-refractivity contribution >= 4 is 21.6 Å². The van der Waals surface area contributed by atoms with E-state index in [4.69, 9.17) is 9.47 Å². The van der Waals surface area contributed by atoms with Crippen molar-refractivity contribution in [3.8, 4) is 11.5 Å². The number of nitrogens with zero attached hydrogens (tertiary/aromatic N) is 1. The van der Waals surface area contributed by atoms with Crippen LogP contribution in [0, 0.1) is 20.8 Å². The number of aryl methyl sites for hydroxylation is 3. The van der Waals surface area contributed by atoms with E-state index in [0.29, 0.717) is 31.0 Å². The van der Waals surface area contributed by atoms with E-state index in [1.807, 2.05) is 45.0 Å². The zero-order valence-corrected chi connectivity index (χ0v) is 19.7. The molecule has 0 spiro atoms. The average Bonchev–Trinajstić information content (AvgIpc) is 2.69. The van der Waals surface area contributed by atoms with E-state index in [0.717, 1.165) is 23.1 Å². The quantitative estimate of drug-likeness (QED) is 0.533. The minimum Gasteiger partial charge on any atom is -0.495 e. The van der Waals surface area contributed by atoms with Crippen molar-refractivity contribution < 1.29 is 22.7 Å². The molecule has 31 heavy (non-hydrogen) atoms. The molecule has 0 saturated carbocycles. The molecule has 1 amide bonds. The van der Waals surface area contributed by atoms with Gasteiger partial charge >= 0.3 is 0 Å². The van der Waals surface area contributed by atoms with E-state index < -0.39 is 10.0 Å².